The van der Waals surface area contributed by atoms with Gasteiger partial charge in [0.1, 0.15) is 17.8 Å². The van der Waals surface area contributed by atoms with E-state index in [9.17, 15) is 22.8 Å². The van der Waals surface area contributed by atoms with E-state index in [1.807, 2.05) is 19.1 Å². The minimum atomic E-state index is -3.82. The first-order valence-corrected chi connectivity index (χ1v) is 13.4. The average molecular weight is 531 g/mol. The van der Waals surface area contributed by atoms with Crippen LogP contribution in [0.1, 0.15) is 25.0 Å². The molecule has 0 unspecified atom stereocenters. The molecule has 2 saturated heterocycles. The van der Waals surface area contributed by atoms with E-state index in [4.69, 9.17) is 9.47 Å². The fourth-order valence-electron chi connectivity index (χ4n) is 4.24. The first-order valence-electron chi connectivity index (χ1n) is 11.9. The predicted octanol–water partition coefficient (Wildman–Crippen LogP) is 1.82. The van der Waals surface area contributed by atoms with Crippen LogP contribution in [0.15, 0.2) is 47.4 Å². The lowest BCUT2D eigenvalue weighted by molar-refractivity contribution is -0.133. The molecule has 2 aliphatic heterocycles. The molecule has 2 aliphatic rings. The second-order valence-corrected chi connectivity index (χ2v) is 10.9. The number of rotatable bonds is 8. The molecule has 4 amide bonds. The van der Waals surface area contributed by atoms with E-state index in [1.165, 1.54) is 22.5 Å². The number of nitrogens with zero attached hydrogens (tertiary/aromatic N) is 2. The Kier molecular flexibility index (Phi) is 7.53. The minimum Gasteiger partial charge on any atom is -0.492 e. The summed E-state index contributed by atoms with van der Waals surface area (Å²) >= 11 is 0. The van der Waals surface area contributed by atoms with E-state index < -0.39 is 40.0 Å². The lowest BCUT2D eigenvalue weighted by Crippen LogP contribution is -2.42. The third-order valence-electron chi connectivity index (χ3n) is 6.34. The standard InChI is InChI=1S/C25H30N4O7S/c1-4-36-21-10-9-19(37(33,34)28-11-13-35-14-12-28)15-20(21)26-22(30)16-29-23(31)25(3,27-24(29)32)18-7-5-17(2)6-8-18/h5-10,15H,4,11-14,16H2,1-3H3,(H,26,30)(H,27,32)/t25-/m1/s1. The minimum absolute atomic E-state index is 0.0184. The second-order valence-electron chi connectivity index (χ2n) is 8.97. The maximum atomic E-state index is 13.2. The number of urea groups is 1. The molecule has 11 nitrogen and oxygen atoms in total. The van der Waals surface area contributed by atoms with Crippen LogP contribution >= 0.6 is 0 Å². The monoisotopic (exact) mass is 530 g/mol. The molecule has 0 radical (unpaired) electrons. The van der Waals surface area contributed by atoms with Crippen LogP contribution < -0.4 is 15.4 Å². The van der Waals surface area contributed by atoms with Gasteiger partial charge in [0.25, 0.3) is 5.91 Å². The Morgan fingerprint density at radius 2 is 1.81 bits per heavy atom. The molecule has 0 aromatic heterocycles. The van der Waals surface area contributed by atoms with Gasteiger partial charge in [0.05, 0.1) is 30.4 Å². The summed E-state index contributed by atoms with van der Waals surface area (Å²) in [6.07, 6.45) is 0. The summed E-state index contributed by atoms with van der Waals surface area (Å²) in [6, 6.07) is 10.7. The summed E-state index contributed by atoms with van der Waals surface area (Å²) in [4.78, 5) is 39.6. The molecule has 0 saturated carbocycles. The number of nitrogens with one attached hydrogen (secondary N) is 2. The van der Waals surface area contributed by atoms with E-state index in [2.05, 4.69) is 10.6 Å². The number of imide groups is 1. The number of morpholine rings is 1. The fraction of sp³-hybridized carbons (Fsp3) is 0.400. The van der Waals surface area contributed by atoms with Gasteiger partial charge in [-0.15, -0.1) is 0 Å². The molecule has 198 valence electrons. The van der Waals surface area contributed by atoms with Gasteiger partial charge in [-0.25, -0.2) is 13.2 Å². The van der Waals surface area contributed by atoms with Crippen molar-refractivity contribution in [2.75, 3.05) is 44.8 Å². The molecule has 2 N–H and O–H groups in total. The summed E-state index contributed by atoms with van der Waals surface area (Å²) in [7, 11) is -3.82. The summed E-state index contributed by atoms with van der Waals surface area (Å²) in [5.41, 5.74) is 0.408. The molecule has 4 rings (SSSR count). The summed E-state index contributed by atoms with van der Waals surface area (Å²) in [5.74, 6) is -0.984. The van der Waals surface area contributed by atoms with E-state index in [0.717, 1.165) is 10.5 Å². The molecule has 37 heavy (non-hydrogen) atoms. The Bertz CT molecular complexity index is 1310. The topological polar surface area (TPSA) is 134 Å². The Balaban J connectivity index is 1.54. The quantitative estimate of drug-likeness (QED) is 0.497. The zero-order valence-electron chi connectivity index (χ0n) is 20.9. The van der Waals surface area contributed by atoms with Gasteiger partial charge in [0, 0.05) is 13.1 Å². The Labute approximate surface area is 215 Å². The number of anilines is 1. The first kappa shape index (κ1) is 26.6. The fourth-order valence-corrected chi connectivity index (χ4v) is 5.68. The number of amides is 4. The largest absolute Gasteiger partial charge is 0.492 e. The van der Waals surface area contributed by atoms with Crippen LogP contribution in [0.3, 0.4) is 0 Å². The molecule has 0 bridgehead atoms. The van der Waals surface area contributed by atoms with Gasteiger partial charge in [-0.3, -0.25) is 14.5 Å². The van der Waals surface area contributed by atoms with E-state index in [0.29, 0.717) is 18.8 Å². The first-order chi connectivity index (χ1) is 17.6. The van der Waals surface area contributed by atoms with Gasteiger partial charge in [0.2, 0.25) is 15.9 Å². The third-order valence-corrected chi connectivity index (χ3v) is 8.23. The maximum absolute atomic E-state index is 13.2. The molecule has 1 atom stereocenters. The molecule has 2 heterocycles. The van der Waals surface area contributed by atoms with Crippen molar-refractivity contribution in [2.24, 2.45) is 0 Å². The van der Waals surface area contributed by atoms with E-state index in [-0.39, 0.29) is 36.0 Å². The molecule has 2 aromatic carbocycles. The predicted molar refractivity (Wildman–Crippen MR) is 135 cm³/mol. The van der Waals surface area contributed by atoms with Crippen LogP contribution in [-0.4, -0.2) is 74.9 Å². The molecular formula is C25H30N4O7S. The highest BCUT2D eigenvalue weighted by molar-refractivity contribution is 7.89. The van der Waals surface area contributed by atoms with Crippen LogP contribution in [0.4, 0.5) is 10.5 Å². The van der Waals surface area contributed by atoms with Crippen LogP contribution in [0, 0.1) is 6.92 Å². The summed E-state index contributed by atoms with van der Waals surface area (Å²) in [6.45, 7) is 6.02. The van der Waals surface area contributed by atoms with Gasteiger partial charge in [-0.05, 0) is 44.5 Å². The number of hydrogen-bond acceptors (Lipinski definition) is 7. The number of carbonyl (C=O) groups is 3. The summed E-state index contributed by atoms with van der Waals surface area (Å²) in [5, 5.41) is 5.28. The van der Waals surface area contributed by atoms with Crippen molar-refractivity contribution in [3.8, 4) is 5.75 Å². The van der Waals surface area contributed by atoms with Gasteiger partial charge in [-0.2, -0.15) is 4.31 Å². The van der Waals surface area contributed by atoms with Gasteiger partial charge >= 0.3 is 6.03 Å². The van der Waals surface area contributed by atoms with E-state index in [1.54, 1.807) is 26.0 Å². The van der Waals surface area contributed by atoms with Crippen molar-refractivity contribution in [1.29, 1.82) is 0 Å². The number of ether oxygens (including phenoxy) is 2. The molecule has 0 aliphatic carbocycles. The zero-order chi connectivity index (χ0) is 26.8. The van der Waals surface area contributed by atoms with Crippen molar-refractivity contribution in [3.63, 3.8) is 0 Å². The smallest absolute Gasteiger partial charge is 0.325 e. The van der Waals surface area contributed by atoms with Crippen molar-refractivity contribution in [3.05, 3.63) is 53.6 Å². The Hall–Kier alpha value is -3.48. The lowest BCUT2D eigenvalue weighted by Gasteiger charge is -2.26. The van der Waals surface area contributed by atoms with E-state index >= 15 is 0 Å². The highest BCUT2D eigenvalue weighted by atomic mass is 32.2. The van der Waals surface area contributed by atoms with Gasteiger partial charge < -0.3 is 20.1 Å². The average Bonchev–Trinajstić information content (AvgIpc) is 3.09. The maximum Gasteiger partial charge on any atom is 0.325 e. The molecule has 2 aromatic rings. The van der Waals surface area contributed by atoms with Crippen LogP contribution in [0.25, 0.3) is 0 Å². The number of aryl methyl sites for hydroxylation is 1. The van der Waals surface area contributed by atoms with Crippen LogP contribution in [-0.2, 0) is 29.9 Å². The Morgan fingerprint density at radius 3 is 2.46 bits per heavy atom. The number of sulfonamides is 1. The van der Waals surface area contributed by atoms with Crippen molar-refractivity contribution in [2.45, 2.75) is 31.2 Å². The molecular weight excluding hydrogens is 500 g/mol. The molecule has 2 fully saturated rings. The number of carbonyl (C=O) groups excluding carboxylic acids is 3. The normalized spacial score (nSPS) is 20.6. The highest BCUT2D eigenvalue weighted by Gasteiger charge is 2.49. The van der Waals surface area contributed by atoms with Crippen molar-refractivity contribution < 1.29 is 32.3 Å². The van der Waals surface area contributed by atoms with Gasteiger partial charge in [0.15, 0.2) is 0 Å². The zero-order valence-corrected chi connectivity index (χ0v) is 21.8. The SMILES string of the molecule is CCOc1ccc(S(=O)(=O)N2CCOCC2)cc1NC(=O)CN1C(=O)N[C@](C)(c2ccc(C)cc2)C1=O. The number of hydrogen-bond donors (Lipinski definition) is 2. The van der Waals surface area contributed by atoms with Crippen molar-refractivity contribution >= 4 is 33.6 Å². The Morgan fingerprint density at radius 1 is 1.14 bits per heavy atom. The highest BCUT2D eigenvalue weighted by Crippen LogP contribution is 2.31. The summed E-state index contributed by atoms with van der Waals surface area (Å²) < 4.78 is 38.3. The van der Waals surface area contributed by atoms with Crippen LogP contribution in [0.2, 0.25) is 0 Å². The van der Waals surface area contributed by atoms with Gasteiger partial charge in [-0.1, -0.05) is 29.8 Å². The van der Waals surface area contributed by atoms with Crippen molar-refractivity contribution in [1.82, 2.24) is 14.5 Å². The molecule has 0 spiro atoms. The second kappa shape index (κ2) is 10.5. The number of benzene rings is 2. The van der Waals surface area contributed by atoms with Crippen LogP contribution in [0.5, 0.6) is 5.75 Å². The third kappa shape index (κ3) is 5.31. The molecule has 12 heteroatoms. The lowest BCUT2D eigenvalue weighted by atomic mass is 9.91.